The third-order valence-electron chi connectivity index (χ3n) is 3.23. The molecule has 0 radical (unpaired) electrons. The van der Waals surface area contributed by atoms with Gasteiger partial charge in [-0.1, -0.05) is 12.1 Å². The van der Waals surface area contributed by atoms with E-state index in [9.17, 15) is 8.42 Å². The second-order valence-electron chi connectivity index (χ2n) is 4.69. The van der Waals surface area contributed by atoms with E-state index < -0.39 is 14.6 Å². The van der Waals surface area contributed by atoms with Crippen LogP contribution in [0.25, 0.3) is 10.9 Å². The third kappa shape index (κ3) is 2.05. The number of rotatable bonds is 2. The normalized spacial score (nSPS) is 12.9. The van der Waals surface area contributed by atoms with E-state index in [2.05, 4.69) is 4.98 Å². The molecule has 0 saturated heterocycles. The van der Waals surface area contributed by atoms with Gasteiger partial charge in [0.25, 0.3) is 0 Å². The Labute approximate surface area is 101 Å². The summed E-state index contributed by atoms with van der Waals surface area (Å²) in [5.41, 5.74) is 1.67. The highest BCUT2D eigenvalue weighted by molar-refractivity contribution is 7.91. The van der Waals surface area contributed by atoms with Gasteiger partial charge in [0.15, 0.2) is 9.84 Å². The molecular formula is C13H15NO2S. The molecule has 1 aromatic carbocycles. The lowest BCUT2D eigenvalue weighted by molar-refractivity contribution is 0.561. The molecule has 1 heterocycles. The first-order valence-electron chi connectivity index (χ1n) is 5.37. The molecule has 0 spiro atoms. The molecule has 2 rings (SSSR count). The molecule has 0 aliphatic rings. The molecule has 0 aliphatic carbocycles. The van der Waals surface area contributed by atoms with Crippen molar-refractivity contribution >= 4 is 20.7 Å². The van der Waals surface area contributed by atoms with E-state index in [0.29, 0.717) is 0 Å². The van der Waals surface area contributed by atoms with Gasteiger partial charge in [-0.25, -0.2) is 8.42 Å². The van der Waals surface area contributed by atoms with Crippen LogP contribution in [0.4, 0.5) is 0 Å². The zero-order valence-corrected chi connectivity index (χ0v) is 11.0. The minimum Gasteiger partial charge on any atom is -0.256 e. The van der Waals surface area contributed by atoms with E-state index >= 15 is 0 Å². The Balaban J connectivity index is 2.65. The molecular weight excluding hydrogens is 234 g/mol. The van der Waals surface area contributed by atoms with Crippen molar-refractivity contribution in [3.05, 3.63) is 42.1 Å². The zero-order valence-electron chi connectivity index (χ0n) is 10.1. The summed E-state index contributed by atoms with van der Waals surface area (Å²) in [7, 11) is -3.14. The van der Waals surface area contributed by atoms with Crippen LogP contribution in [0.1, 0.15) is 19.4 Å². The molecule has 2 aromatic rings. The van der Waals surface area contributed by atoms with Crippen LogP contribution >= 0.6 is 0 Å². The van der Waals surface area contributed by atoms with Crippen LogP contribution in [0, 0.1) is 0 Å². The lowest BCUT2D eigenvalue weighted by Crippen LogP contribution is -2.27. The maximum Gasteiger partial charge on any atom is 0.156 e. The van der Waals surface area contributed by atoms with Crippen LogP contribution in [-0.4, -0.2) is 19.7 Å². The molecule has 1 aromatic heterocycles. The van der Waals surface area contributed by atoms with Gasteiger partial charge in [0, 0.05) is 17.8 Å². The van der Waals surface area contributed by atoms with Gasteiger partial charge in [0.2, 0.25) is 0 Å². The van der Waals surface area contributed by atoms with E-state index in [1.165, 1.54) is 6.26 Å². The van der Waals surface area contributed by atoms with Gasteiger partial charge in [0.1, 0.15) is 0 Å². The maximum absolute atomic E-state index is 11.8. The Morgan fingerprint density at radius 2 is 1.88 bits per heavy atom. The number of hydrogen-bond acceptors (Lipinski definition) is 3. The smallest absolute Gasteiger partial charge is 0.156 e. The highest BCUT2D eigenvalue weighted by atomic mass is 32.2. The van der Waals surface area contributed by atoms with Gasteiger partial charge in [-0.3, -0.25) is 4.98 Å². The highest BCUT2D eigenvalue weighted by Crippen LogP contribution is 2.30. The Morgan fingerprint density at radius 3 is 2.53 bits per heavy atom. The third-order valence-corrected chi connectivity index (χ3v) is 5.31. The molecule has 0 aliphatic heterocycles. The standard InChI is InChI=1S/C13H15NO2S/c1-13(2,17(3,15)16)11-6-7-12-10(9-11)5-4-8-14-12/h4-9H,1-3H3. The summed E-state index contributed by atoms with van der Waals surface area (Å²) in [6.45, 7) is 3.44. The fourth-order valence-corrected chi connectivity index (χ4v) is 2.22. The molecule has 0 atom stereocenters. The minimum atomic E-state index is -3.14. The second-order valence-corrected chi connectivity index (χ2v) is 7.26. The van der Waals surface area contributed by atoms with Crippen molar-refractivity contribution in [2.45, 2.75) is 18.6 Å². The van der Waals surface area contributed by atoms with E-state index in [4.69, 9.17) is 0 Å². The van der Waals surface area contributed by atoms with Crippen molar-refractivity contribution < 1.29 is 8.42 Å². The van der Waals surface area contributed by atoms with E-state index in [1.54, 1.807) is 20.0 Å². The zero-order chi connectivity index (χ0) is 12.7. The van der Waals surface area contributed by atoms with Crippen LogP contribution in [0.3, 0.4) is 0 Å². The largest absolute Gasteiger partial charge is 0.256 e. The van der Waals surface area contributed by atoms with Crippen LogP contribution in [0.5, 0.6) is 0 Å². The Kier molecular flexibility index (Phi) is 2.70. The second kappa shape index (κ2) is 3.81. The van der Waals surface area contributed by atoms with Crippen LogP contribution < -0.4 is 0 Å². The lowest BCUT2D eigenvalue weighted by Gasteiger charge is -2.23. The summed E-state index contributed by atoms with van der Waals surface area (Å²) in [5.74, 6) is 0. The Bertz CT molecular complexity index is 660. The van der Waals surface area contributed by atoms with E-state index in [0.717, 1.165) is 16.5 Å². The van der Waals surface area contributed by atoms with Crippen molar-refractivity contribution in [2.24, 2.45) is 0 Å². The number of pyridine rings is 1. The van der Waals surface area contributed by atoms with E-state index in [-0.39, 0.29) is 0 Å². The molecule has 0 unspecified atom stereocenters. The van der Waals surface area contributed by atoms with Crippen LogP contribution in [-0.2, 0) is 14.6 Å². The molecule has 0 N–H and O–H groups in total. The predicted octanol–water partition coefficient (Wildman–Crippen LogP) is 2.51. The molecule has 0 amide bonds. The van der Waals surface area contributed by atoms with Gasteiger partial charge in [0.05, 0.1) is 10.3 Å². The minimum absolute atomic E-state index is 0.792. The van der Waals surface area contributed by atoms with Crippen LogP contribution in [0.15, 0.2) is 36.5 Å². The fourth-order valence-electron chi connectivity index (χ4n) is 1.66. The average Bonchev–Trinajstić information content (AvgIpc) is 2.27. The molecule has 4 heteroatoms. The number of nitrogens with zero attached hydrogens (tertiary/aromatic N) is 1. The predicted molar refractivity (Wildman–Crippen MR) is 69.6 cm³/mol. The number of benzene rings is 1. The van der Waals surface area contributed by atoms with Gasteiger partial charge in [-0.05, 0) is 37.6 Å². The van der Waals surface area contributed by atoms with E-state index in [1.807, 2.05) is 30.3 Å². The molecule has 17 heavy (non-hydrogen) atoms. The van der Waals surface area contributed by atoms with Crippen molar-refractivity contribution in [3.63, 3.8) is 0 Å². The summed E-state index contributed by atoms with van der Waals surface area (Å²) in [5, 5.41) is 0.960. The average molecular weight is 249 g/mol. The van der Waals surface area contributed by atoms with Gasteiger partial charge >= 0.3 is 0 Å². The van der Waals surface area contributed by atoms with Gasteiger partial charge in [-0.15, -0.1) is 0 Å². The van der Waals surface area contributed by atoms with Crippen molar-refractivity contribution in [1.82, 2.24) is 4.98 Å². The molecule has 0 fully saturated rings. The molecule has 3 nitrogen and oxygen atoms in total. The number of fused-ring (bicyclic) bond motifs is 1. The SMILES string of the molecule is CC(C)(c1ccc2ncccc2c1)S(C)(=O)=O. The number of hydrogen-bond donors (Lipinski definition) is 0. The molecule has 90 valence electrons. The van der Waals surface area contributed by atoms with Gasteiger partial charge < -0.3 is 0 Å². The first kappa shape index (κ1) is 12.0. The Morgan fingerprint density at radius 1 is 1.18 bits per heavy atom. The highest BCUT2D eigenvalue weighted by Gasteiger charge is 2.32. The number of aromatic nitrogens is 1. The van der Waals surface area contributed by atoms with Crippen LogP contribution in [0.2, 0.25) is 0 Å². The Hall–Kier alpha value is -1.42. The lowest BCUT2D eigenvalue weighted by atomic mass is 10.0. The summed E-state index contributed by atoms with van der Waals surface area (Å²) in [4.78, 5) is 4.22. The maximum atomic E-state index is 11.8. The van der Waals surface area contributed by atoms with Crippen molar-refractivity contribution in [2.75, 3.05) is 6.26 Å². The molecule has 0 bridgehead atoms. The first-order chi connectivity index (χ1) is 7.82. The summed E-state index contributed by atoms with van der Waals surface area (Å²) < 4.78 is 22.7. The molecule has 0 saturated carbocycles. The fraction of sp³-hybridized carbons (Fsp3) is 0.308. The van der Waals surface area contributed by atoms with Crippen molar-refractivity contribution in [1.29, 1.82) is 0 Å². The summed E-state index contributed by atoms with van der Waals surface area (Å²) in [6.07, 6.45) is 2.99. The topological polar surface area (TPSA) is 47.0 Å². The summed E-state index contributed by atoms with van der Waals surface area (Å²) in [6, 6.07) is 9.36. The van der Waals surface area contributed by atoms with Gasteiger partial charge in [-0.2, -0.15) is 0 Å². The van der Waals surface area contributed by atoms with Crippen molar-refractivity contribution in [3.8, 4) is 0 Å². The summed E-state index contributed by atoms with van der Waals surface area (Å²) >= 11 is 0. The quantitative estimate of drug-likeness (QED) is 0.821. The number of sulfone groups is 1. The first-order valence-corrected chi connectivity index (χ1v) is 7.26. The monoisotopic (exact) mass is 249 g/mol.